The van der Waals surface area contributed by atoms with Gasteiger partial charge in [-0.25, -0.2) is 0 Å². The number of carbonyl (C=O) groups excluding carboxylic acids is 1. The van der Waals surface area contributed by atoms with E-state index in [1.54, 1.807) is 25.1 Å². The quantitative estimate of drug-likeness (QED) is 0.905. The standard InChI is InChI=1S/C14H17BrN2O2/c1-9(2)8-17-14(18)10(3)19-13-5-4-12(15)6-11(13)7-16/h4-6,9-10H,8H2,1-3H3,(H,17,18). The summed E-state index contributed by atoms with van der Waals surface area (Å²) >= 11 is 3.29. The van der Waals surface area contributed by atoms with E-state index in [2.05, 4.69) is 21.2 Å². The summed E-state index contributed by atoms with van der Waals surface area (Å²) in [5, 5.41) is 11.8. The third kappa shape index (κ3) is 4.92. The first-order valence-corrected chi connectivity index (χ1v) is 6.87. The molecule has 0 heterocycles. The highest BCUT2D eigenvalue weighted by Gasteiger charge is 2.16. The van der Waals surface area contributed by atoms with Crippen molar-refractivity contribution in [1.82, 2.24) is 5.32 Å². The lowest BCUT2D eigenvalue weighted by molar-refractivity contribution is -0.127. The molecule has 102 valence electrons. The molecule has 1 amide bonds. The Labute approximate surface area is 121 Å². The number of halogens is 1. The molecule has 0 aromatic heterocycles. The number of nitriles is 1. The summed E-state index contributed by atoms with van der Waals surface area (Å²) in [5.41, 5.74) is 0.401. The summed E-state index contributed by atoms with van der Waals surface area (Å²) in [6.45, 7) is 6.32. The van der Waals surface area contributed by atoms with Crippen LogP contribution in [0.1, 0.15) is 26.3 Å². The van der Waals surface area contributed by atoms with Crippen molar-refractivity contribution in [3.8, 4) is 11.8 Å². The fourth-order valence-electron chi connectivity index (χ4n) is 1.38. The molecule has 0 radical (unpaired) electrons. The molecule has 0 spiro atoms. The van der Waals surface area contributed by atoms with Gasteiger partial charge in [-0.3, -0.25) is 4.79 Å². The van der Waals surface area contributed by atoms with E-state index in [1.807, 2.05) is 19.9 Å². The maximum atomic E-state index is 11.8. The number of rotatable bonds is 5. The van der Waals surface area contributed by atoms with Crippen LogP contribution in [0.25, 0.3) is 0 Å². The van der Waals surface area contributed by atoms with Gasteiger partial charge in [0.1, 0.15) is 11.8 Å². The van der Waals surface area contributed by atoms with E-state index in [-0.39, 0.29) is 5.91 Å². The molecule has 0 aliphatic heterocycles. The Morgan fingerprint density at radius 2 is 2.16 bits per heavy atom. The molecular formula is C14H17BrN2O2. The number of carbonyl (C=O) groups is 1. The number of nitrogens with zero attached hydrogens (tertiary/aromatic N) is 1. The molecule has 0 aliphatic rings. The topological polar surface area (TPSA) is 62.1 Å². The Morgan fingerprint density at radius 3 is 2.74 bits per heavy atom. The van der Waals surface area contributed by atoms with Gasteiger partial charge < -0.3 is 10.1 Å². The summed E-state index contributed by atoms with van der Waals surface area (Å²) in [6.07, 6.45) is -0.632. The molecule has 1 aromatic carbocycles. The molecule has 0 fully saturated rings. The second kappa shape index (κ2) is 7.15. The number of ether oxygens (including phenoxy) is 1. The minimum Gasteiger partial charge on any atom is -0.480 e. The summed E-state index contributed by atoms with van der Waals surface area (Å²) in [4.78, 5) is 11.8. The van der Waals surface area contributed by atoms with Crippen LogP contribution < -0.4 is 10.1 Å². The molecule has 1 atom stereocenters. The Hall–Kier alpha value is -1.54. The average molecular weight is 325 g/mol. The Morgan fingerprint density at radius 1 is 1.47 bits per heavy atom. The van der Waals surface area contributed by atoms with Crippen molar-refractivity contribution >= 4 is 21.8 Å². The SMILES string of the molecule is CC(C)CNC(=O)C(C)Oc1ccc(Br)cc1C#N. The van der Waals surface area contributed by atoms with Crippen LogP contribution in [-0.4, -0.2) is 18.6 Å². The molecule has 1 N–H and O–H groups in total. The van der Waals surface area contributed by atoms with E-state index in [4.69, 9.17) is 10.00 Å². The largest absolute Gasteiger partial charge is 0.480 e. The zero-order chi connectivity index (χ0) is 14.4. The number of hydrogen-bond donors (Lipinski definition) is 1. The van der Waals surface area contributed by atoms with Crippen molar-refractivity contribution < 1.29 is 9.53 Å². The molecule has 1 aromatic rings. The van der Waals surface area contributed by atoms with Gasteiger partial charge in [-0.1, -0.05) is 29.8 Å². The molecular weight excluding hydrogens is 308 g/mol. The highest BCUT2D eigenvalue weighted by Crippen LogP contribution is 2.23. The van der Waals surface area contributed by atoms with Crippen LogP contribution in [-0.2, 0) is 4.79 Å². The van der Waals surface area contributed by atoms with Crippen molar-refractivity contribution in [3.63, 3.8) is 0 Å². The zero-order valence-corrected chi connectivity index (χ0v) is 12.8. The van der Waals surface area contributed by atoms with E-state index in [0.717, 1.165) is 4.47 Å². The van der Waals surface area contributed by atoms with E-state index in [1.165, 1.54) is 0 Å². The zero-order valence-electron chi connectivity index (χ0n) is 11.2. The van der Waals surface area contributed by atoms with Gasteiger partial charge in [-0.15, -0.1) is 0 Å². The van der Waals surface area contributed by atoms with E-state index >= 15 is 0 Å². The lowest BCUT2D eigenvalue weighted by Crippen LogP contribution is -2.38. The smallest absolute Gasteiger partial charge is 0.260 e. The fraction of sp³-hybridized carbons (Fsp3) is 0.429. The van der Waals surface area contributed by atoms with Crippen LogP contribution in [0.3, 0.4) is 0 Å². The highest BCUT2D eigenvalue weighted by atomic mass is 79.9. The number of amides is 1. The van der Waals surface area contributed by atoms with Crippen LogP contribution in [0.2, 0.25) is 0 Å². The molecule has 0 bridgehead atoms. The average Bonchev–Trinajstić information content (AvgIpc) is 2.37. The fourth-order valence-corrected chi connectivity index (χ4v) is 1.75. The van der Waals surface area contributed by atoms with Gasteiger partial charge in [-0.2, -0.15) is 5.26 Å². The van der Waals surface area contributed by atoms with Crippen LogP contribution in [0.4, 0.5) is 0 Å². The third-order valence-corrected chi connectivity index (χ3v) is 2.91. The second-order valence-electron chi connectivity index (χ2n) is 4.65. The second-order valence-corrected chi connectivity index (χ2v) is 5.57. The molecule has 1 rings (SSSR count). The first-order valence-electron chi connectivity index (χ1n) is 6.08. The van der Waals surface area contributed by atoms with Crippen LogP contribution >= 0.6 is 15.9 Å². The molecule has 0 saturated carbocycles. The van der Waals surface area contributed by atoms with Gasteiger partial charge >= 0.3 is 0 Å². The first kappa shape index (κ1) is 15.5. The van der Waals surface area contributed by atoms with Crippen LogP contribution in [0.5, 0.6) is 5.75 Å². The number of nitrogens with one attached hydrogen (secondary N) is 1. The first-order chi connectivity index (χ1) is 8.93. The summed E-state index contributed by atoms with van der Waals surface area (Å²) < 4.78 is 6.33. The molecule has 19 heavy (non-hydrogen) atoms. The molecule has 0 saturated heterocycles. The molecule has 1 unspecified atom stereocenters. The van der Waals surface area contributed by atoms with Gasteiger partial charge in [-0.05, 0) is 31.0 Å². The highest BCUT2D eigenvalue weighted by molar-refractivity contribution is 9.10. The van der Waals surface area contributed by atoms with Gasteiger partial charge in [0.25, 0.3) is 5.91 Å². The molecule has 4 nitrogen and oxygen atoms in total. The van der Waals surface area contributed by atoms with E-state index < -0.39 is 6.10 Å². The van der Waals surface area contributed by atoms with Crippen molar-refractivity contribution in [3.05, 3.63) is 28.2 Å². The molecule has 0 aliphatic carbocycles. The van der Waals surface area contributed by atoms with Gasteiger partial charge in [0.2, 0.25) is 0 Å². The van der Waals surface area contributed by atoms with Gasteiger partial charge in [0.15, 0.2) is 6.10 Å². The summed E-state index contributed by atoms with van der Waals surface area (Å²) in [6, 6.07) is 7.15. The van der Waals surface area contributed by atoms with Crippen LogP contribution in [0, 0.1) is 17.2 Å². The van der Waals surface area contributed by atoms with Crippen LogP contribution in [0.15, 0.2) is 22.7 Å². The Balaban J connectivity index is 2.69. The maximum Gasteiger partial charge on any atom is 0.260 e. The van der Waals surface area contributed by atoms with E-state index in [9.17, 15) is 4.79 Å². The minimum atomic E-state index is -0.632. The Kier molecular flexibility index (Phi) is 5.84. The number of benzene rings is 1. The summed E-state index contributed by atoms with van der Waals surface area (Å²) in [7, 11) is 0. The van der Waals surface area contributed by atoms with Crippen molar-refractivity contribution in [2.75, 3.05) is 6.54 Å². The van der Waals surface area contributed by atoms with E-state index in [0.29, 0.717) is 23.8 Å². The molecule has 5 heteroatoms. The summed E-state index contributed by atoms with van der Waals surface area (Å²) in [5.74, 6) is 0.622. The normalized spacial score (nSPS) is 11.8. The minimum absolute atomic E-state index is 0.180. The Bertz CT molecular complexity index is 495. The van der Waals surface area contributed by atoms with Gasteiger partial charge in [0, 0.05) is 11.0 Å². The monoisotopic (exact) mass is 324 g/mol. The van der Waals surface area contributed by atoms with Crippen molar-refractivity contribution in [1.29, 1.82) is 5.26 Å². The van der Waals surface area contributed by atoms with Crippen molar-refractivity contribution in [2.24, 2.45) is 5.92 Å². The predicted octanol–water partition coefficient (Wildman–Crippen LogP) is 2.86. The van der Waals surface area contributed by atoms with Crippen molar-refractivity contribution in [2.45, 2.75) is 26.9 Å². The maximum absolute atomic E-state index is 11.8. The predicted molar refractivity (Wildman–Crippen MR) is 76.8 cm³/mol. The van der Waals surface area contributed by atoms with Gasteiger partial charge in [0.05, 0.1) is 5.56 Å². The lowest BCUT2D eigenvalue weighted by atomic mass is 10.2. The third-order valence-electron chi connectivity index (χ3n) is 2.42. The lowest BCUT2D eigenvalue weighted by Gasteiger charge is -2.16. The number of hydrogen-bond acceptors (Lipinski definition) is 3.